The van der Waals surface area contributed by atoms with E-state index in [1.165, 1.54) is 0 Å². The fourth-order valence-electron chi connectivity index (χ4n) is 1.77. The van der Waals surface area contributed by atoms with Gasteiger partial charge in [0.15, 0.2) is 0 Å². The lowest BCUT2D eigenvalue weighted by Crippen LogP contribution is -2.31. The van der Waals surface area contributed by atoms with Crippen LogP contribution in [0.3, 0.4) is 0 Å². The van der Waals surface area contributed by atoms with Gasteiger partial charge in [-0.2, -0.15) is 0 Å². The quantitative estimate of drug-likeness (QED) is 0.821. The molecule has 0 heterocycles. The Bertz CT molecular complexity index is 363. The van der Waals surface area contributed by atoms with Crippen molar-refractivity contribution >= 4 is 5.91 Å². The van der Waals surface area contributed by atoms with E-state index in [2.05, 4.69) is 6.92 Å². The lowest BCUT2D eigenvalue weighted by Gasteiger charge is -2.20. The second-order valence-corrected chi connectivity index (χ2v) is 4.14. The Labute approximate surface area is 104 Å². The highest BCUT2D eigenvalue weighted by Gasteiger charge is 2.13. The van der Waals surface area contributed by atoms with Gasteiger partial charge in [-0.05, 0) is 31.0 Å². The zero-order valence-electron chi connectivity index (χ0n) is 10.8. The van der Waals surface area contributed by atoms with Crippen molar-refractivity contribution in [2.75, 3.05) is 13.1 Å². The Morgan fingerprint density at radius 2 is 2.12 bits per heavy atom. The number of benzene rings is 1. The van der Waals surface area contributed by atoms with E-state index in [0.717, 1.165) is 37.1 Å². The van der Waals surface area contributed by atoms with Crippen LogP contribution >= 0.6 is 0 Å². The number of rotatable bonds is 6. The number of hydrogen-bond donors (Lipinski definition) is 1. The second-order valence-electron chi connectivity index (χ2n) is 4.14. The lowest BCUT2D eigenvalue weighted by molar-refractivity contribution is 0.0762. The smallest absolute Gasteiger partial charge is 0.253 e. The zero-order valence-corrected chi connectivity index (χ0v) is 10.8. The maximum absolute atomic E-state index is 12.2. The number of unbranched alkanes of at least 4 members (excludes halogenated alkanes) is 1. The first-order chi connectivity index (χ1) is 8.22. The number of carbonyl (C=O) groups is 1. The van der Waals surface area contributed by atoms with Gasteiger partial charge in [-0.25, -0.2) is 0 Å². The van der Waals surface area contributed by atoms with Gasteiger partial charge in [0.1, 0.15) is 0 Å². The van der Waals surface area contributed by atoms with Crippen molar-refractivity contribution in [1.82, 2.24) is 4.90 Å². The molecule has 94 valence electrons. The molecular weight excluding hydrogens is 212 g/mol. The molecule has 0 spiro atoms. The maximum atomic E-state index is 12.2. The normalized spacial score (nSPS) is 10.3. The highest BCUT2D eigenvalue weighted by atomic mass is 16.2. The summed E-state index contributed by atoms with van der Waals surface area (Å²) in [5, 5.41) is 0. The van der Waals surface area contributed by atoms with E-state index in [1.807, 2.05) is 36.1 Å². The van der Waals surface area contributed by atoms with Gasteiger partial charge in [0.25, 0.3) is 5.91 Å². The fourth-order valence-corrected chi connectivity index (χ4v) is 1.77. The van der Waals surface area contributed by atoms with Gasteiger partial charge in [0, 0.05) is 25.2 Å². The molecule has 0 aromatic heterocycles. The van der Waals surface area contributed by atoms with E-state index < -0.39 is 0 Å². The van der Waals surface area contributed by atoms with Crippen molar-refractivity contribution in [2.24, 2.45) is 5.73 Å². The van der Waals surface area contributed by atoms with E-state index in [1.54, 1.807) is 0 Å². The van der Waals surface area contributed by atoms with Gasteiger partial charge >= 0.3 is 0 Å². The van der Waals surface area contributed by atoms with E-state index in [-0.39, 0.29) is 5.91 Å². The van der Waals surface area contributed by atoms with E-state index in [0.29, 0.717) is 6.54 Å². The molecule has 17 heavy (non-hydrogen) atoms. The molecule has 3 heteroatoms. The fraction of sp³-hybridized carbons (Fsp3) is 0.500. The Kier molecular flexibility index (Phi) is 5.70. The standard InChI is InChI=1S/C14H22N2O/c1-3-5-9-16(4-2)14(17)13-8-6-7-12(10-13)11-15/h6-8,10H,3-5,9,11,15H2,1-2H3. The van der Waals surface area contributed by atoms with Gasteiger partial charge in [-0.15, -0.1) is 0 Å². The third-order valence-corrected chi connectivity index (χ3v) is 2.86. The van der Waals surface area contributed by atoms with E-state index >= 15 is 0 Å². The highest BCUT2D eigenvalue weighted by Crippen LogP contribution is 2.09. The van der Waals surface area contributed by atoms with Crippen LogP contribution in [0.15, 0.2) is 24.3 Å². The molecule has 0 saturated carbocycles. The minimum atomic E-state index is 0.108. The summed E-state index contributed by atoms with van der Waals surface area (Å²) >= 11 is 0. The van der Waals surface area contributed by atoms with Gasteiger partial charge in [-0.1, -0.05) is 25.5 Å². The van der Waals surface area contributed by atoms with Gasteiger partial charge in [-0.3, -0.25) is 4.79 Å². The number of nitrogens with zero attached hydrogens (tertiary/aromatic N) is 1. The van der Waals surface area contributed by atoms with Crippen molar-refractivity contribution in [1.29, 1.82) is 0 Å². The molecule has 0 saturated heterocycles. The van der Waals surface area contributed by atoms with Crippen molar-refractivity contribution in [3.8, 4) is 0 Å². The summed E-state index contributed by atoms with van der Waals surface area (Å²) in [6.45, 7) is 6.21. The maximum Gasteiger partial charge on any atom is 0.253 e. The SMILES string of the molecule is CCCCN(CC)C(=O)c1cccc(CN)c1. The average molecular weight is 234 g/mol. The van der Waals surface area contributed by atoms with Crippen LogP contribution in [0.1, 0.15) is 42.6 Å². The molecule has 0 unspecified atom stereocenters. The molecule has 0 fully saturated rings. The van der Waals surface area contributed by atoms with Crippen LogP contribution in [0.4, 0.5) is 0 Å². The Morgan fingerprint density at radius 3 is 2.71 bits per heavy atom. The molecule has 1 amide bonds. The molecule has 0 aliphatic heterocycles. The Balaban J connectivity index is 2.78. The van der Waals surface area contributed by atoms with Crippen LogP contribution in [-0.4, -0.2) is 23.9 Å². The van der Waals surface area contributed by atoms with Gasteiger partial charge in [0.05, 0.1) is 0 Å². The molecule has 3 nitrogen and oxygen atoms in total. The summed E-state index contributed by atoms with van der Waals surface area (Å²) in [6.07, 6.45) is 2.16. The topological polar surface area (TPSA) is 46.3 Å². The second kappa shape index (κ2) is 7.07. The van der Waals surface area contributed by atoms with Crippen LogP contribution in [-0.2, 0) is 6.54 Å². The summed E-state index contributed by atoms with van der Waals surface area (Å²) in [4.78, 5) is 14.1. The summed E-state index contributed by atoms with van der Waals surface area (Å²) < 4.78 is 0. The first-order valence-corrected chi connectivity index (χ1v) is 6.31. The van der Waals surface area contributed by atoms with Crippen LogP contribution in [0, 0.1) is 0 Å². The molecule has 1 aromatic carbocycles. The van der Waals surface area contributed by atoms with Crippen molar-refractivity contribution < 1.29 is 4.79 Å². The number of carbonyl (C=O) groups excluding carboxylic acids is 1. The van der Waals surface area contributed by atoms with Crippen molar-refractivity contribution in [2.45, 2.75) is 33.2 Å². The number of nitrogens with two attached hydrogens (primary N) is 1. The minimum absolute atomic E-state index is 0.108. The lowest BCUT2D eigenvalue weighted by atomic mass is 10.1. The average Bonchev–Trinajstić information content (AvgIpc) is 2.39. The molecule has 0 bridgehead atoms. The summed E-state index contributed by atoms with van der Waals surface area (Å²) in [5.74, 6) is 0.108. The summed E-state index contributed by atoms with van der Waals surface area (Å²) in [5.41, 5.74) is 7.33. The Hall–Kier alpha value is -1.35. The number of hydrogen-bond acceptors (Lipinski definition) is 2. The monoisotopic (exact) mass is 234 g/mol. The molecule has 1 rings (SSSR count). The van der Waals surface area contributed by atoms with E-state index in [4.69, 9.17) is 5.73 Å². The number of amides is 1. The summed E-state index contributed by atoms with van der Waals surface area (Å²) in [7, 11) is 0. The molecule has 0 aliphatic rings. The molecule has 0 aliphatic carbocycles. The van der Waals surface area contributed by atoms with E-state index in [9.17, 15) is 4.79 Å². The summed E-state index contributed by atoms with van der Waals surface area (Å²) in [6, 6.07) is 7.58. The third kappa shape index (κ3) is 3.86. The van der Waals surface area contributed by atoms with Crippen LogP contribution < -0.4 is 5.73 Å². The first-order valence-electron chi connectivity index (χ1n) is 6.31. The Morgan fingerprint density at radius 1 is 1.35 bits per heavy atom. The predicted molar refractivity (Wildman–Crippen MR) is 70.8 cm³/mol. The minimum Gasteiger partial charge on any atom is -0.339 e. The molecule has 1 aromatic rings. The highest BCUT2D eigenvalue weighted by molar-refractivity contribution is 5.94. The van der Waals surface area contributed by atoms with Gasteiger partial charge < -0.3 is 10.6 Å². The predicted octanol–water partition coefficient (Wildman–Crippen LogP) is 2.41. The molecular formula is C14H22N2O. The molecule has 0 radical (unpaired) electrons. The third-order valence-electron chi connectivity index (χ3n) is 2.86. The molecule has 2 N–H and O–H groups in total. The van der Waals surface area contributed by atoms with Gasteiger partial charge in [0.2, 0.25) is 0 Å². The van der Waals surface area contributed by atoms with Crippen LogP contribution in [0.25, 0.3) is 0 Å². The largest absolute Gasteiger partial charge is 0.339 e. The first kappa shape index (κ1) is 13.7. The van der Waals surface area contributed by atoms with Crippen molar-refractivity contribution in [3.05, 3.63) is 35.4 Å². The zero-order chi connectivity index (χ0) is 12.7. The van der Waals surface area contributed by atoms with Crippen LogP contribution in [0.5, 0.6) is 0 Å². The van der Waals surface area contributed by atoms with Crippen LogP contribution in [0.2, 0.25) is 0 Å². The van der Waals surface area contributed by atoms with Crippen molar-refractivity contribution in [3.63, 3.8) is 0 Å². The molecule has 0 atom stereocenters.